The number of rotatable bonds is 2. The number of hydrogen-bond acceptors (Lipinski definition) is 2. The molecule has 1 unspecified atom stereocenters. The molecule has 1 saturated carbocycles. The Hall–Kier alpha value is -1.84. The van der Waals surface area contributed by atoms with E-state index in [4.69, 9.17) is 0 Å². The molecule has 18 heavy (non-hydrogen) atoms. The number of hydrazone groups is 1. The van der Waals surface area contributed by atoms with Gasteiger partial charge in [-0.25, -0.2) is 9.80 Å². The van der Waals surface area contributed by atoms with Crippen molar-refractivity contribution in [3.8, 4) is 0 Å². The van der Waals surface area contributed by atoms with Crippen LogP contribution in [-0.2, 0) is 0 Å². The van der Waals surface area contributed by atoms with Crippen LogP contribution in [0.2, 0.25) is 0 Å². The summed E-state index contributed by atoms with van der Waals surface area (Å²) in [5.41, 5.74) is 1.14. The molecule has 1 aromatic rings. The smallest absolute Gasteiger partial charge is 0.334 e. The van der Waals surface area contributed by atoms with Crippen molar-refractivity contribution >= 4 is 12.2 Å². The second-order valence-electron chi connectivity index (χ2n) is 4.88. The zero-order valence-corrected chi connectivity index (χ0v) is 10.2. The van der Waals surface area contributed by atoms with Gasteiger partial charge >= 0.3 is 6.03 Å². The second-order valence-corrected chi connectivity index (χ2v) is 4.88. The number of hydrogen-bond donors (Lipinski definition) is 1. The van der Waals surface area contributed by atoms with Gasteiger partial charge in [-0.15, -0.1) is 0 Å². The van der Waals surface area contributed by atoms with Gasteiger partial charge in [0.1, 0.15) is 0 Å². The lowest BCUT2D eigenvalue weighted by molar-refractivity contribution is 0.175. The van der Waals surface area contributed by atoms with E-state index in [1.54, 1.807) is 5.01 Å². The molecule has 1 atom stereocenters. The quantitative estimate of drug-likeness (QED) is 0.852. The number of carbonyl (C=O) groups excluding carboxylic acids is 1. The summed E-state index contributed by atoms with van der Waals surface area (Å²) in [6, 6.07) is 10.4. The predicted octanol–water partition coefficient (Wildman–Crippen LogP) is 2.68. The summed E-state index contributed by atoms with van der Waals surface area (Å²) in [5.74, 6) is 0. The fraction of sp³-hybridized carbons (Fsp3) is 0.429. The normalized spacial score (nSPS) is 22.9. The fourth-order valence-electron chi connectivity index (χ4n) is 2.36. The van der Waals surface area contributed by atoms with Crippen LogP contribution in [0.5, 0.6) is 0 Å². The summed E-state index contributed by atoms with van der Waals surface area (Å²) in [5, 5.41) is 8.81. The van der Waals surface area contributed by atoms with Gasteiger partial charge in [-0.1, -0.05) is 30.3 Å². The van der Waals surface area contributed by atoms with Gasteiger partial charge in [-0.05, 0) is 24.8 Å². The van der Waals surface area contributed by atoms with Crippen molar-refractivity contribution < 1.29 is 4.79 Å². The minimum atomic E-state index is -0.0673. The van der Waals surface area contributed by atoms with Crippen molar-refractivity contribution in [3.63, 3.8) is 0 Å². The maximum Gasteiger partial charge on any atom is 0.338 e. The predicted molar refractivity (Wildman–Crippen MR) is 70.3 cm³/mol. The fourth-order valence-corrected chi connectivity index (χ4v) is 2.36. The molecular formula is C14H17N3O. The van der Waals surface area contributed by atoms with Crippen LogP contribution in [0.15, 0.2) is 35.4 Å². The van der Waals surface area contributed by atoms with Crippen molar-refractivity contribution in [1.82, 2.24) is 10.3 Å². The molecule has 0 aromatic heterocycles. The SMILES string of the molecule is O=C(NC1CCC1)N1N=CCC1c1ccccc1. The minimum Gasteiger partial charge on any atom is -0.334 e. The second kappa shape index (κ2) is 4.80. The molecule has 0 saturated heterocycles. The van der Waals surface area contributed by atoms with Crippen LogP contribution in [0.25, 0.3) is 0 Å². The van der Waals surface area contributed by atoms with Crippen molar-refractivity contribution in [2.45, 2.75) is 37.8 Å². The van der Waals surface area contributed by atoms with Crippen molar-refractivity contribution in [3.05, 3.63) is 35.9 Å². The third-order valence-corrected chi connectivity index (χ3v) is 3.66. The molecule has 94 valence electrons. The van der Waals surface area contributed by atoms with Crippen LogP contribution in [0.1, 0.15) is 37.3 Å². The molecule has 1 aliphatic carbocycles. The van der Waals surface area contributed by atoms with Crippen LogP contribution in [0.3, 0.4) is 0 Å². The Morgan fingerprint density at radius 3 is 2.72 bits per heavy atom. The zero-order chi connectivity index (χ0) is 12.4. The Balaban J connectivity index is 1.70. The molecule has 4 nitrogen and oxygen atoms in total. The Bertz CT molecular complexity index is 453. The first kappa shape index (κ1) is 11.3. The molecule has 1 aromatic carbocycles. The molecule has 0 radical (unpaired) electrons. The van der Waals surface area contributed by atoms with Crippen LogP contribution in [0.4, 0.5) is 4.79 Å². The Morgan fingerprint density at radius 1 is 1.28 bits per heavy atom. The highest BCUT2D eigenvalue weighted by Crippen LogP contribution is 2.28. The van der Waals surface area contributed by atoms with Crippen molar-refractivity contribution in [2.75, 3.05) is 0 Å². The van der Waals surface area contributed by atoms with Gasteiger partial charge in [-0.3, -0.25) is 0 Å². The maximum absolute atomic E-state index is 12.1. The summed E-state index contributed by atoms with van der Waals surface area (Å²) in [4.78, 5) is 12.1. The van der Waals surface area contributed by atoms with Crippen LogP contribution < -0.4 is 5.32 Å². The van der Waals surface area contributed by atoms with E-state index in [1.807, 2.05) is 36.5 Å². The van der Waals surface area contributed by atoms with Crippen LogP contribution in [-0.4, -0.2) is 23.3 Å². The average Bonchev–Trinajstić information content (AvgIpc) is 2.84. The van der Waals surface area contributed by atoms with E-state index < -0.39 is 0 Å². The summed E-state index contributed by atoms with van der Waals surface area (Å²) in [6.07, 6.45) is 6.02. The minimum absolute atomic E-state index is 0.0475. The van der Waals surface area contributed by atoms with E-state index in [0.29, 0.717) is 6.04 Å². The van der Waals surface area contributed by atoms with E-state index in [0.717, 1.165) is 24.8 Å². The first-order chi connectivity index (χ1) is 8.84. The number of urea groups is 1. The number of amides is 2. The summed E-state index contributed by atoms with van der Waals surface area (Å²) in [6.45, 7) is 0. The molecule has 2 aliphatic rings. The maximum atomic E-state index is 12.1. The lowest BCUT2D eigenvalue weighted by Gasteiger charge is -2.30. The number of benzene rings is 1. The molecule has 1 heterocycles. The van der Waals surface area contributed by atoms with Crippen LogP contribution in [0, 0.1) is 0 Å². The molecule has 4 heteroatoms. The lowest BCUT2D eigenvalue weighted by atomic mass is 9.93. The Morgan fingerprint density at radius 2 is 2.06 bits per heavy atom. The van der Waals surface area contributed by atoms with E-state index >= 15 is 0 Å². The monoisotopic (exact) mass is 243 g/mol. The van der Waals surface area contributed by atoms with Gasteiger partial charge in [0.2, 0.25) is 0 Å². The molecule has 1 aliphatic heterocycles. The highest BCUT2D eigenvalue weighted by atomic mass is 16.2. The topological polar surface area (TPSA) is 44.7 Å². The molecule has 1 fully saturated rings. The average molecular weight is 243 g/mol. The van der Waals surface area contributed by atoms with E-state index in [9.17, 15) is 4.79 Å². The highest BCUT2D eigenvalue weighted by molar-refractivity contribution is 5.78. The molecular weight excluding hydrogens is 226 g/mol. The van der Waals surface area contributed by atoms with Gasteiger partial charge in [0.25, 0.3) is 0 Å². The molecule has 3 rings (SSSR count). The standard InChI is InChI=1S/C14H17N3O/c18-14(16-12-7-4-8-12)17-13(9-10-15-17)11-5-2-1-3-6-11/h1-3,5-6,10,12-13H,4,7-9H2,(H,16,18). The lowest BCUT2D eigenvalue weighted by Crippen LogP contribution is -2.45. The molecule has 0 spiro atoms. The van der Waals surface area contributed by atoms with Crippen molar-refractivity contribution in [2.24, 2.45) is 5.10 Å². The summed E-state index contributed by atoms with van der Waals surface area (Å²) in [7, 11) is 0. The zero-order valence-electron chi connectivity index (χ0n) is 10.2. The Kier molecular flexibility index (Phi) is 3.00. The number of carbonyl (C=O) groups is 1. The van der Waals surface area contributed by atoms with Gasteiger partial charge < -0.3 is 5.32 Å². The number of nitrogens with one attached hydrogen (secondary N) is 1. The van der Waals surface area contributed by atoms with Crippen LogP contribution >= 0.6 is 0 Å². The molecule has 1 N–H and O–H groups in total. The van der Waals surface area contributed by atoms with Gasteiger partial charge in [0, 0.05) is 18.7 Å². The van der Waals surface area contributed by atoms with Gasteiger partial charge in [0.15, 0.2) is 0 Å². The molecule has 0 bridgehead atoms. The number of nitrogens with zero attached hydrogens (tertiary/aromatic N) is 2. The highest BCUT2D eigenvalue weighted by Gasteiger charge is 2.30. The third kappa shape index (κ3) is 2.10. The molecule has 2 amide bonds. The van der Waals surface area contributed by atoms with Gasteiger partial charge in [-0.2, -0.15) is 5.10 Å². The third-order valence-electron chi connectivity index (χ3n) is 3.66. The Labute approximate surface area is 107 Å². The first-order valence-electron chi connectivity index (χ1n) is 6.52. The largest absolute Gasteiger partial charge is 0.338 e. The van der Waals surface area contributed by atoms with E-state index in [-0.39, 0.29) is 12.1 Å². The summed E-state index contributed by atoms with van der Waals surface area (Å²) >= 11 is 0. The van der Waals surface area contributed by atoms with Crippen molar-refractivity contribution in [1.29, 1.82) is 0 Å². The van der Waals surface area contributed by atoms with Gasteiger partial charge in [0.05, 0.1) is 6.04 Å². The van der Waals surface area contributed by atoms with E-state index in [2.05, 4.69) is 10.4 Å². The van der Waals surface area contributed by atoms with E-state index in [1.165, 1.54) is 6.42 Å². The first-order valence-corrected chi connectivity index (χ1v) is 6.52. The summed E-state index contributed by atoms with van der Waals surface area (Å²) < 4.78 is 0.